The topological polar surface area (TPSA) is 48.6 Å². The average molecular weight is 497 g/mol. The third-order valence-corrected chi connectivity index (χ3v) is 3.21. The van der Waals surface area contributed by atoms with Crippen molar-refractivity contribution in [2.75, 3.05) is 20.3 Å². The van der Waals surface area contributed by atoms with Crippen LogP contribution in [0.1, 0.15) is 18.4 Å². The molecule has 2 aromatic rings. The van der Waals surface area contributed by atoms with Gasteiger partial charge in [-0.25, -0.2) is 10.1 Å². The van der Waals surface area contributed by atoms with Crippen molar-refractivity contribution in [3.8, 4) is 0 Å². The number of hydrogen-bond donors (Lipinski definition) is 1. The Morgan fingerprint density at radius 2 is 1.42 bits per heavy atom. The molecule has 1 aliphatic rings. The van der Waals surface area contributed by atoms with E-state index in [1.54, 1.807) is 7.05 Å². The second-order valence-corrected chi connectivity index (χ2v) is 16.4. The first kappa shape index (κ1) is 23.6. The molecule has 1 aliphatic heterocycles. The van der Waals surface area contributed by atoms with Crippen molar-refractivity contribution in [1.29, 1.82) is 0 Å². The van der Waals surface area contributed by atoms with E-state index in [1.165, 1.54) is 12.8 Å². The molecule has 26 heavy (non-hydrogen) atoms. The van der Waals surface area contributed by atoms with Crippen LogP contribution in [0.25, 0.3) is 0 Å². The van der Waals surface area contributed by atoms with Gasteiger partial charge < -0.3 is 4.74 Å². The number of hydroxylamine groups is 2. The first-order valence-electron chi connectivity index (χ1n) is 8.09. The first-order valence-corrected chi connectivity index (χ1v) is 17.6. The standard InChI is InChI=1S/C14H14N2O.C4H8O.3ClH.Zr/c1-16(17)14(12-8-4-2-5-9-12)15-13-10-6-3-7-11-13;1-2-4-5-3-1;;;;/h2-11,17H,1H3;1-4H2;3*1H;/q;;;;;+3/p-2. The van der Waals surface area contributed by atoms with Crippen LogP contribution in [0, 0.1) is 0 Å². The Morgan fingerprint density at radius 1 is 0.962 bits per heavy atom. The molecule has 0 bridgehead atoms. The number of ether oxygens (including phenoxy) is 1. The number of aliphatic imine (C=N–C) groups is 1. The van der Waals surface area contributed by atoms with Gasteiger partial charge in [-0.15, -0.1) is 0 Å². The van der Waals surface area contributed by atoms with Gasteiger partial charge in [0.2, 0.25) is 0 Å². The van der Waals surface area contributed by atoms with Crippen molar-refractivity contribution in [1.82, 2.24) is 5.06 Å². The molecule has 0 radical (unpaired) electrons. The zero-order chi connectivity index (χ0) is 19.2. The summed E-state index contributed by atoms with van der Waals surface area (Å²) < 4.78 is 4.08. The number of aliphatic hydroxyl groups is 2. The first-order chi connectivity index (χ1) is 12.5. The summed E-state index contributed by atoms with van der Waals surface area (Å²) in [7, 11) is 16.6. The number of nitrogens with zero attached hydrogens (tertiary/aromatic N) is 2. The van der Waals surface area contributed by atoms with Crippen LogP contribution >= 0.6 is 25.5 Å². The molecule has 0 saturated carbocycles. The summed E-state index contributed by atoms with van der Waals surface area (Å²) >= 11 is -2.13. The molecule has 2 aromatic carbocycles. The van der Waals surface area contributed by atoms with Gasteiger partial charge in [0.15, 0.2) is 5.84 Å². The normalized spacial score (nSPS) is 13.0. The van der Waals surface area contributed by atoms with Crippen molar-refractivity contribution < 1.29 is 28.1 Å². The molecule has 0 unspecified atom stereocenters. The fraction of sp³-hybridized carbons (Fsp3) is 0.278. The predicted molar refractivity (Wildman–Crippen MR) is 107 cm³/mol. The van der Waals surface area contributed by atoms with Crippen LogP contribution < -0.4 is 0 Å². The van der Waals surface area contributed by atoms with Crippen molar-refractivity contribution >= 4 is 37.1 Å². The number of hydrogen-bond acceptors (Lipinski definition) is 2. The third-order valence-electron chi connectivity index (χ3n) is 3.21. The molecule has 0 spiro atoms. The maximum atomic E-state index is 9.63. The summed E-state index contributed by atoms with van der Waals surface area (Å²) in [5.74, 6) is 0.525. The summed E-state index contributed by atoms with van der Waals surface area (Å²) in [5.41, 5.74) is 1.69. The van der Waals surface area contributed by atoms with Gasteiger partial charge in [-0.1, -0.05) is 48.5 Å². The monoisotopic (exact) mass is 494 g/mol. The molecule has 8 heteroatoms. The van der Waals surface area contributed by atoms with E-state index in [0.29, 0.717) is 5.84 Å². The molecule has 141 valence electrons. The fourth-order valence-corrected chi connectivity index (χ4v) is 2.09. The molecule has 3 rings (SSSR count). The van der Waals surface area contributed by atoms with Crippen molar-refractivity contribution in [3.05, 3.63) is 66.2 Å². The van der Waals surface area contributed by atoms with E-state index in [9.17, 15) is 5.21 Å². The van der Waals surface area contributed by atoms with Gasteiger partial charge in [0.05, 0.1) is 5.69 Å². The summed E-state index contributed by atoms with van der Waals surface area (Å²) in [6.07, 6.45) is 2.67. The summed E-state index contributed by atoms with van der Waals surface area (Å²) in [6.45, 7) is 2.25. The van der Waals surface area contributed by atoms with E-state index in [4.69, 9.17) is 25.5 Å². The maximum absolute atomic E-state index is 9.63. The molecule has 1 heterocycles. The van der Waals surface area contributed by atoms with E-state index < -0.39 is 18.2 Å². The molecule has 0 aliphatic carbocycles. The van der Waals surface area contributed by atoms with Crippen LogP contribution in [0.4, 0.5) is 5.69 Å². The van der Waals surface area contributed by atoms with Gasteiger partial charge in [-0.05, 0) is 12.1 Å². The van der Waals surface area contributed by atoms with Crippen LogP contribution in [-0.2, 0) is 18.2 Å². The van der Waals surface area contributed by atoms with Gasteiger partial charge in [0.1, 0.15) is 13.2 Å². The summed E-state index contributed by atoms with van der Waals surface area (Å²) in [5, 5.41) is 10.7. The predicted octanol–water partition coefficient (Wildman–Crippen LogP) is 5.46. The van der Waals surface area contributed by atoms with E-state index in [0.717, 1.165) is 29.5 Å². The molecule has 0 atom stereocenters. The number of amidine groups is 1. The number of benzene rings is 2. The Balaban J connectivity index is 0.000000309. The third kappa shape index (κ3) is 11.3. The van der Waals surface area contributed by atoms with Crippen LogP contribution in [0.3, 0.4) is 0 Å². The van der Waals surface area contributed by atoms with Gasteiger partial charge in [-0.2, -0.15) is 0 Å². The number of para-hydroxylation sites is 1. The van der Waals surface area contributed by atoms with Crippen molar-refractivity contribution in [2.45, 2.75) is 12.8 Å². The molecule has 2 N–H and O–H groups in total. The Bertz CT molecular complexity index is 614. The van der Waals surface area contributed by atoms with Crippen LogP contribution in [0.5, 0.6) is 0 Å². The molecule has 1 saturated heterocycles. The summed E-state index contributed by atoms with van der Waals surface area (Å²) in [4.78, 5) is 4.42. The zero-order valence-electron chi connectivity index (χ0n) is 14.5. The average Bonchev–Trinajstić information content (AvgIpc) is 3.20. The molecule has 0 aromatic heterocycles. The van der Waals surface area contributed by atoms with Crippen LogP contribution in [-0.4, -0.2) is 41.1 Å². The van der Waals surface area contributed by atoms with E-state index in [-0.39, 0.29) is 0 Å². The van der Waals surface area contributed by atoms with Gasteiger partial charge in [-0.3, -0.25) is 5.21 Å². The second kappa shape index (κ2) is 14.6. The minimum absolute atomic E-state index is 0.525. The van der Waals surface area contributed by atoms with Gasteiger partial charge in [0.25, 0.3) is 0 Å². The Morgan fingerprint density at radius 3 is 1.81 bits per heavy atom. The van der Waals surface area contributed by atoms with Crippen molar-refractivity contribution in [2.24, 2.45) is 4.99 Å². The molecular formula is C18H23Cl3N2O2Zr+. The SMILES string of the molecule is C1CC[OH+]C1.CN(O)C(=Nc1ccccc1)c1ccccc1.[Cl][Zr]([Cl])[Cl]. The van der Waals surface area contributed by atoms with E-state index in [1.807, 2.05) is 60.7 Å². The van der Waals surface area contributed by atoms with Gasteiger partial charge in [0, 0.05) is 25.5 Å². The Hall–Kier alpha value is -0.417. The van der Waals surface area contributed by atoms with Crippen molar-refractivity contribution in [3.63, 3.8) is 0 Å². The number of halogens is 3. The quantitative estimate of drug-likeness (QED) is 0.260. The summed E-state index contributed by atoms with van der Waals surface area (Å²) in [6, 6.07) is 19.1. The number of rotatable bonds is 2. The van der Waals surface area contributed by atoms with Crippen LogP contribution in [0.2, 0.25) is 0 Å². The van der Waals surface area contributed by atoms with Crippen LogP contribution in [0.15, 0.2) is 65.7 Å². The van der Waals surface area contributed by atoms with E-state index >= 15 is 0 Å². The molecule has 0 amide bonds. The second-order valence-electron chi connectivity index (χ2n) is 5.25. The molecule has 1 fully saturated rings. The van der Waals surface area contributed by atoms with E-state index in [2.05, 4.69) is 9.73 Å². The molecular weight excluding hydrogens is 474 g/mol. The minimum atomic E-state index is -2.13. The Kier molecular flexibility index (Phi) is 13.3. The molecule has 4 nitrogen and oxygen atoms in total. The fourth-order valence-electron chi connectivity index (χ4n) is 2.09. The Labute approximate surface area is 173 Å². The zero-order valence-corrected chi connectivity index (χ0v) is 19.3. The van der Waals surface area contributed by atoms with Gasteiger partial charge >= 0.3 is 43.7 Å².